The summed E-state index contributed by atoms with van der Waals surface area (Å²) in [7, 11) is 3.20. The van der Waals surface area contributed by atoms with E-state index in [0.717, 1.165) is 28.4 Å². The van der Waals surface area contributed by atoms with Crippen LogP contribution in [0.15, 0.2) is 54.1 Å². The van der Waals surface area contributed by atoms with Crippen LogP contribution in [0.5, 0.6) is 17.2 Å². The lowest BCUT2D eigenvalue weighted by Crippen LogP contribution is -2.57. The van der Waals surface area contributed by atoms with Crippen LogP contribution in [0.3, 0.4) is 0 Å². The molecule has 40 heavy (non-hydrogen) atoms. The second-order valence-electron chi connectivity index (χ2n) is 10.0. The first kappa shape index (κ1) is 30.1. The highest BCUT2D eigenvalue weighted by atomic mass is 127. The molecule has 9 nitrogen and oxygen atoms in total. The zero-order chi connectivity index (χ0) is 28.6. The van der Waals surface area contributed by atoms with Crippen LogP contribution >= 0.6 is 22.6 Å². The summed E-state index contributed by atoms with van der Waals surface area (Å²) in [6, 6.07) is 12.3. The quantitative estimate of drug-likeness (QED) is 0.299. The largest absolute Gasteiger partial charge is 0.497 e. The molecule has 3 atom stereocenters. The van der Waals surface area contributed by atoms with Crippen molar-refractivity contribution < 1.29 is 34.0 Å². The highest BCUT2D eigenvalue weighted by Crippen LogP contribution is 2.34. The van der Waals surface area contributed by atoms with E-state index in [1.807, 2.05) is 42.5 Å². The fraction of sp³-hybridized carbons (Fsp3) is 0.467. The van der Waals surface area contributed by atoms with E-state index in [1.165, 1.54) is 0 Å². The van der Waals surface area contributed by atoms with Gasteiger partial charge in [-0.3, -0.25) is 9.59 Å². The Morgan fingerprint density at radius 3 is 2.52 bits per heavy atom. The molecule has 0 bridgehead atoms. The van der Waals surface area contributed by atoms with Gasteiger partial charge >= 0.3 is 0 Å². The van der Waals surface area contributed by atoms with Gasteiger partial charge in [-0.1, -0.05) is 18.6 Å². The van der Waals surface area contributed by atoms with E-state index < -0.39 is 18.2 Å². The van der Waals surface area contributed by atoms with Gasteiger partial charge < -0.3 is 34.6 Å². The molecule has 0 heterocycles. The van der Waals surface area contributed by atoms with Crippen LogP contribution in [-0.2, 0) is 16.0 Å². The maximum atomic E-state index is 13.8. The molecule has 0 radical (unpaired) electrons. The van der Waals surface area contributed by atoms with Gasteiger partial charge in [0.1, 0.15) is 29.5 Å². The first-order valence-electron chi connectivity index (χ1n) is 13.6. The maximum absolute atomic E-state index is 13.8. The Balaban J connectivity index is 1.65. The SMILES string of the molecule is COc1ccc(OC)c(CCN(C(=O)C2CCC2)C2CC(C(=O)NCCO)=CC(Oc3ccccc3I)C2O)c1. The summed E-state index contributed by atoms with van der Waals surface area (Å²) >= 11 is 2.16. The Bertz CT molecular complexity index is 1220. The molecule has 216 valence electrons. The second-order valence-corrected chi connectivity index (χ2v) is 11.2. The number of amides is 2. The van der Waals surface area contributed by atoms with Gasteiger partial charge in [0.05, 0.1) is 30.4 Å². The van der Waals surface area contributed by atoms with E-state index in [0.29, 0.717) is 35.8 Å². The molecule has 3 unspecified atom stereocenters. The minimum absolute atomic E-state index is 0.0257. The molecule has 4 rings (SSSR count). The summed E-state index contributed by atoms with van der Waals surface area (Å²) in [6.07, 6.45) is 2.96. The molecular weight excluding hydrogens is 627 g/mol. The van der Waals surface area contributed by atoms with Crippen LogP contribution in [0, 0.1) is 9.49 Å². The molecule has 1 fully saturated rings. The molecular formula is C30H37IN2O7. The van der Waals surface area contributed by atoms with E-state index in [9.17, 15) is 19.8 Å². The second kappa shape index (κ2) is 14.2. The maximum Gasteiger partial charge on any atom is 0.247 e. The molecule has 2 aromatic carbocycles. The number of hydrogen-bond donors (Lipinski definition) is 3. The average Bonchev–Trinajstić information content (AvgIpc) is 2.93. The van der Waals surface area contributed by atoms with Crippen LogP contribution in [0.1, 0.15) is 31.2 Å². The summed E-state index contributed by atoms with van der Waals surface area (Å²) in [5, 5.41) is 23.6. The Morgan fingerprint density at radius 1 is 1.10 bits per heavy atom. The highest BCUT2D eigenvalue weighted by molar-refractivity contribution is 14.1. The third-order valence-electron chi connectivity index (χ3n) is 7.56. The Morgan fingerprint density at radius 2 is 1.88 bits per heavy atom. The molecule has 10 heteroatoms. The monoisotopic (exact) mass is 664 g/mol. The number of aliphatic hydroxyl groups is 2. The zero-order valence-electron chi connectivity index (χ0n) is 22.8. The van der Waals surface area contributed by atoms with Crippen molar-refractivity contribution in [1.82, 2.24) is 10.2 Å². The van der Waals surface area contributed by atoms with Crippen molar-refractivity contribution in [1.29, 1.82) is 0 Å². The number of aliphatic hydroxyl groups excluding tert-OH is 2. The normalized spacial score (nSPS) is 20.6. The standard InChI is InChI=1S/C30H37IN2O7/c1-38-22-10-11-25(39-2)20(16-22)12-14-33(30(37)19-6-5-7-19)24-17-21(29(36)32-13-15-34)18-27(28(24)35)40-26-9-4-3-8-23(26)31/h3-4,8-11,16,18-19,24,27-28,34-35H,5-7,12-15,17H2,1-2H3,(H,32,36). The molecule has 0 aromatic heterocycles. The number of rotatable bonds is 12. The van der Waals surface area contributed by atoms with Crippen molar-refractivity contribution in [2.75, 3.05) is 33.9 Å². The zero-order valence-corrected chi connectivity index (χ0v) is 25.0. The lowest BCUT2D eigenvalue weighted by Gasteiger charge is -2.43. The van der Waals surface area contributed by atoms with E-state index in [-0.39, 0.29) is 37.3 Å². The lowest BCUT2D eigenvalue weighted by molar-refractivity contribution is -0.145. The van der Waals surface area contributed by atoms with Gasteiger partial charge in [-0.25, -0.2) is 0 Å². The van der Waals surface area contributed by atoms with Crippen LogP contribution < -0.4 is 19.5 Å². The van der Waals surface area contributed by atoms with Crippen molar-refractivity contribution in [3.05, 3.63) is 63.2 Å². The number of benzene rings is 2. The number of para-hydroxylation sites is 1. The van der Waals surface area contributed by atoms with Gasteiger partial charge in [-0.15, -0.1) is 0 Å². The van der Waals surface area contributed by atoms with E-state index in [4.69, 9.17) is 14.2 Å². The van der Waals surface area contributed by atoms with Crippen molar-refractivity contribution in [3.63, 3.8) is 0 Å². The number of carbonyl (C=O) groups excluding carboxylic acids is 2. The number of halogens is 1. The number of carbonyl (C=O) groups is 2. The Hall–Kier alpha value is -2.83. The van der Waals surface area contributed by atoms with Gasteiger partial charge in [0.15, 0.2) is 0 Å². The van der Waals surface area contributed by atoms with E-state index in [2.05, 4.69) is 27.9 Å². The number of nitrogens with one attached hydrogen (secondary N) is 1. The molecule has 1 saturated carbocycles. The summed E-state index contributed by atoms with van der Waals surface area (Å²) in [5.41, 5.74) is 1.28. The smallest absolute Gasteiger partial charge is 0.247 e. The summed E-state index contributed by atoms with van der Waals surface area (Å²) in [6.45, 7) is 0.232. The summed E-state index contributed by atoms with van der Waals surface area (Å²) in [5.74, 6) is 1.46. The summed E-state index contributed by atoms with van der Waals surface area (Å²) in [4.78, 5) is 28.6. The minimum Gasteiger partial charge on any atom is -0.497 e. The first-order chi connectivity index (χ1) is 19.4. The van der Waals surface area contributed by atoms with Crippen LogP contribution in [0.25, 0.3) is 0 Å². The van der Waals surface area contributed by atoms with Crippen molar-refractivity contribution >= 4 is 34.4 Å². The molecule has 2 amide bonds. The van der Waals surface area contributed by atoms with Crippen LogP contribution in [0.2, 0.25) is 0 Å². The fourth-order valence-corrected chi connectivity index (χ4v) is 5.63. The number of hydrogen-bond acceptors (Lipinski definition) is 7. The Labute approximate surface area is 248 Å². The van der Waals surface area contributed by atoms with Crippen molar-refractivity contribution in [2.24, 2.45) is 5.92 Å². The Kier molecular flexibility index (Phi) is 10.7. The van der Waals surface area contributed by atoms with Gasteiger partial charge in [0.2, 0.25) is 11.8 Å². The molecule has 2 aliphatic rings. The molecule has 0 aliphatic heterocycles. The molecule has 0 spiro atoms. The summed E-state index contributed by atoms with van der Waals surface area (Å²) < 4.78 is 18.0. The number of nitrogens with zero attached hydrogens (tertiary/aromatic N) is 1. The average molecular weight is 665 g/mol. The fourth-order valence-electron chi connectivity index (χ4n) is 5.11. The molecule has 0 saturated heterocycles. The third kappa shape index (κ3) is 7.08. The van der Waals surface area contributed by atoms with Crippen molar-refractivity contribution in [2.45, 2.75) is 50.4 Å². The van der Waals surface area contributed by atoms with E-state index >= 15 is 0 Å². The van der Waals surface area contributed by atoms with Gasteiger partial charge in [0, 0.05) is 31.0 Å². The topological polar surface area (TPSA) is 118 Å². The third-order valence-corrected chi connectivity index (χ3v) is 8.45. The van der Waals surface area contributed by atoms with Gasteiger partial charge in [-0.2, -0.15) is 0 Å². The van der Waals surface area contributed by atoms with Crippen molar-refractivity contribution in [3.8, 4) is 17.2 Å². The number of methoxy groups -OCH3 is 2. The van der Waals surface area contributed by atoms with Crippen LogP contribution in [0.4, 0.5) is 0 Å². The van der Waals surface area contributed by atoms with E-state index in [1.54, 1.807) is 25.2 Å². The molecule has 2 aliphatic carbocycles. The lowest BCUT2D eigenvalue weighted by atomic mass is 9.82. The number of ether oxygens (including phenoxy) is 3. The highest BCUT2D eigenvalue weighted by Gasteiger charge is 2.42. The first-order valence-corrected chi connectivity index (χ1v) is 14.6. The predicted molar refractivity (Wildman–Crippen MR) is 158 cm³/mol. The van der Waals surface area contributed by atoms with Crippen LogP contribution in [-0.4, -0.2) is 79.1 Å². The van der Waals surface area contributed by atoms with Gasteiger partial charge in [0.25, 0.3) is 0 Å². The minimum atomic E-state index is -1.07. The van der Waals surface area contributed by atoms with Gasteiger partial charge in [-0.05, 0) is 83.8 Å². The predicted octanol–water partition coefficient (Wildman–Crippen LogP) is 3.10. The molecule has 3 N–H and O–H groups in total. The molecule has 2 aromatic rings.